The molecule has 0 fully saturated rings. The lowest BCUT2D eigenvalue weighted by atomic mass is 10.2. The quantitative estimate of drug-likeness (QED) is 0.865. The summed E-state index contributed by atoms with van der Waals surface area (Å²) in [6.45, 7) is 0. The molecule has 0 unspecified atom stereocenters. The van der Waals surface area contributed by atoms with Crippen LogP contribution in [-0.4, -0.2) is 19.1 Å². The van der Waals surface area contributed by atoms with Gasteiger partial charge in [-0.15, -0.1) is 0 Å². The van der Waals surface area contributed by atoms with E-state index in [1.807, 2.05) is 19.0 Å². The molecule has 0 saturated heterocycles. The summed E-state index contributed by atoms with van der Waals surface area (Å²) in [4.78, 5) is 5.09. The van der Waals surface area contributed by atoms with Crippen molar-refractivity contribution in [3.63, 3.8) is 0 Å². The first kappa shape index (κ1) is 13.2. The molecule has 1 aromatic carbocycles. The van der Waals surface area contributed by atoms with Crippen molar-refractivity contribution in [3.05, 3.63) is 47.9 Å². The molecule has 2 aromatic rings. The molecule has 100 valence electrons. The Bertz CT molecular complexity index is 582. The average Bonchev–Trinajstić information content (AvgIpc) is 2.36. The first-order chi connectivity index (χ1) is 8.97. The van der Waals surface area contributed by atoms with Gasteiger partial charge in [0, 0.05) is 31.5 Å². The van der Waals surface area contributed by atoms with Crippen LogP contribution in [0.4, 0.5) is 30.4 Å². The monoisotopic (exact) mass is 267 g/mol. The number of pyridine rings is 1. The van der Waals surface area contributed by atoms with E-state index < -0.39 is 17.6 Å². The Kier molecular flexibility index (Phi) is 3.59. The van der Waals surface area contributed by atoms with Crippen LogP contribution in [0.2, 0.25) is 0 Å². The topological polar surface area (TPSA) is 28.2 Å². The number of aromatic nitrogens is 1. The second-order valence-corrected chi connectivity index (χ2v) is 4.16. The standard InChI is InChI=1S/C13H12F3N3/c1-19(2)9-5-3-8(4-6-9)17-13-11(15)7-10(14)12(16)18-13/h3-7H,1-2H3,(H,17,18). The van der Waals surface area contributed by atoms with Gasteiger partial charge in [-0.25, -0.2) is 8.78 Å². The second-order valence-electron chi connectivity index (χ2n) is 4.16. The van der Waals surface area contributed by atoms with Gasteiger partial charge in [0.1, 0.15) is 0 Å². The summed E-state index contributed by atoms with van der Waals surface area (Å²) in [6, 6.07) is 7.45. The maximum atomic E-state index is 13.4. The van der Waals surface area contributed by atoms with E-state index in [1.54, 1.807) is 24.3 Å². The molecular formula is C13H12F3N3. The molecule has 0 amide bonds. The third-order valence-corrected chi connectivity index (χ3v) is 2.53. The lowest BCUT2D eigenvalue weighted by Crippen LogP contribution is -2.08. The van der Waals surface area contributed by atoms with Crippen LogP contribution in [-0.2, 0) is 0 Å². The summed E-state index contributed by atoms with van der Waals surface area (Å²) in [5.41, 5.74) is 1.49. The Morgan fingerprint density at radius 3 is 2.21 bits per heavy atom. The van der Waals surface area contributed by atoms with Gasteiger partial charge in [-0.05, 0) is 24.3 Å². The van der Waals surface area contributed by atoms with Gasteiger partial charge >= 0.3 is 0 Å². The zero-order valence-electron chi connectivity index (χ0n) is 10.4. The van der Waals surface area contributed by atoms with E-state index in [-0.39, 0.29) is 5.82 Å². The average molecular weight is 267 g/mol. The minimum Gasteiger partial charge on any atom is -0.378 e. The van der Waals surface area contributed by atoms with Gasteiger partial charge < -0.3 is 10.2 Å². The van der Waals surface area contributed by atoms with E-state index in [0.717, 1.165) is 5.69 Å². The number of hydrogen-bond donors (Lipinski definition) is 1. The van der Waals surface area contributed by atoms with Crippen LogP contribution in [0.1, 0.15) is 0 Å². The summed E-state index contributed by atoms with van der Waals surface area (Å²) in [7, 11) is 3.78. The molecule has 0 aliphatic carbocycles. The van der Waals surface area contributed by atoms with Gasteiger partial charge in [-0.2, -0.15) is 9.37 Å². The minimum absolute atomic E-state index is 0.350. The Balaban J connectivity index is 2.24. The number of halogens is 3. The number of rotatable bonds is 3. The molecule has 3 nitrogen and oxygen atoms in total. The largest absolute Gasteiger partial charge is 0.378 e. The lowest BCUT2D eigenvalue weighted by Gasteiger charge is -2.13. The van der Waals surface area contributed by atoms with Crippen molar-refractivity contribution in [2.75, 3.05) is 24.3 Å². The maximum Gasteiger partial charge on any atom is 0.251 e. The van der Waals surface area contributed by atoms with Crippen molar-refractivity contribution in [2.45, 2.75) is 0 Å². The van der Waals surface area contributed by atoms with Crippen LogP contribution in [0.5, 0.6) is 0 Å². The lowest BCUT2D eigenvalue weighted by molar-refractivity contribution is 0.467. The Morgan fingerprint density at radius 2 is 1.63 bits per heavy atom. The molecule has 2 rings (SSSR count). The third-order valence-electron chi connectivity index (χ3n) is 2.53. The highest BCUT2D eigenvalue weighted by Crippen LogP contribution is 2.21. The van der Waals surface area contributed by atoms with Crippen LogP contribution in [0.15, 0.2) is 30.3 Å². The van der Waals surface area contributed by atoms with Crippen LogP contribution in [0.25, 0.3) is 0 Å². The first-order valence-electron chi connectivity index (χ1n) is 5.53. The zero-order chi connectivity index (χ0) is 14.0. The minimum atomic E-state index is -1.34. The fraction of sp³-hybridized carbons (Fsp3) is 0.154. The summed E-state index contributed by atoms with van der Waals surface area (Å²) < 4.78 is 39.0. The predicted octanol–water partition coefficient (Wildman–Crippen LogP) is 3.31. The SMILES string of the molecule is CN(C)c1ccc(Nc2nc(F)c(F)cc2F)cc1. The fourth-order valence-corrected chi connectivity index (χ4v) is 1.51. The first-order valence-corrected chi connectivity index (χ1v) is 5.53. The second kappa shape index (κ2) is 5.17. The molecular weight excluding hydrogens is 255 g/mol. The van der Waals surface area contributed by atoms with Crippen molar-refractivity contribution in [1.82, 2.24) is 4.98 Å². The molecule has 1 aromatic heterocycles. The molecule has 0 atom stereocenters. The Morgan fingerprint density at radius 1 is 1.00 bits per heavy atom. The summed E-state index contributed by atoms with van der Waals surface area (Å²) in [5, 5.41) is 2.60. The molecule has 0 aliphatic heterocycles. The fourth-order valence-electron chi connectivity index (χ4n) is 1.51. The number of benzene rings is 1. The van der Waals surface area contributed by atoms with E-state index in [9.17, 15) is 13.2 Å². The summed E-state index contributed by atoms with van der Waals surface area (Å²) >= 11 is 0. The van der Waals surface area contributed by atoms with E-state index in [0.29, 0.717) is 11.8 Å². The van der Waals surface area contributed by atoms with Gasteiger partial charge in [-0.1, -0.05) is 0 Å². The molecule has 1 heterocycles. The van der Waals surface area contributed by atoms with Gasteiger partial charge in [0.15, 0.2) is 17.5 Å². The van der Waals surface area contributed by atoms with Crippen LogP contribution in [0.3, 0.4) is 0 Å². The summed E-state index contributed by atoms with van der Waals surface area (Å²) in [5.74, 6) is -3.95. The van der Waals surface area contributed by atoms with E-state index in [1.165, 1.54) is 0 Å². The van der Waals surface area contributed by atoms with Crippen molar-refractivity contribution < 1.29 is 13.2 Å². The molecule has 0 bridgehead atoms. The molecule has 0 aliphatic rings. The molecule has 0 saturated carbocycles. The van der Waals surface area contributed by atoms with Crippen molar-refractivity contribution in [1.29, 1.82) is 0 Å². The van der Waals surface area contributed by atoms with E-state index in [2.05, 4.69) is 10.3 Å². The normalized spacial score (nSPS) is 10.4. The Labute approximate surface area is 108 Å². The number of nitrogens with zero attached hydrogens (tertiary/aromatic N) is 2. The molecule has 0 spiro atoms. The maximum absolute atomic E-state index is 13.4. The van der Waals surface area contributed by atoms with Crippen LogP contribution in [0, 0.1) is 17.6 Å². The highest BCUT2D eigenvalue weighted by molar-refractivity contribution is 5.60. The molecule has 1 N–H and O–H groups in total. The predicted molar refractivity (Wildman–Crippen MR) is 68.2 cm³/mol. The van der Waals surface area contributed by atoms with Crippen LogP contribution < -0.4 is 10.2 Å². The number of anilines is 3. The third kappa shape index (κ3) is 2.96. The van der Waals surface area contributed by atoms with Crippen molar-refractivity contribution in [2.24, 2.45) is 0 Å². The van der Waals surface area contributed by atoms with E-state index in [4.69, 9.17) is 0 Å². The van der Waals surface area contributed by atoms with Crippen LogP contribution >= 0.6 is 0 Å². The summed E-state index contributed by atoms with van der Waals surface area (Å²) in [6.07, 6.45) is 0. The smallest absolute Gasteiger partial charge is 0.251 e. The van der Waals surface area contributed by atoms with Gasteiger partial charge in [0.2, 0.25) is 0 Å². The molecule has 0 radical (unpaired) electrons. The molecule has 6 heteroatoms. The van der Waals surface area contributed by atoms with Crippen molar-refractivity contribution in [3.8, 4) is 0 Å². The van der Waals surface area contributed by atoms with E-state index >= 15 is 0 Å². The van der Waals surface area contributed by atoms with Gasteiger partial charge in [-0.3, -0.25) is 0 Å². The van der Waals surface area contributed by atoms with Gasteiger partial charge in [0.25, 0.3) is 5.95 Å². The Hall–Kier alpha value is -2.24. The molecule has 19 heavy (non-hydrogen) atoms. The highest BCUT2D eigenvalue weighted by Gasteiger charge is 2.11. The highest BCUT2D eigenvalue weighted by atomic mass is 19.2. The zero-order valence-corrected chi connectivity index (χ0v) is 10.4. The number of hydrogen-bond acceptors (Lipinski definition) is 3. The van der Waals surface area contributed by atoms with Gasteiger partial charge in [0.05, 0.1) is 0 Å². The van der Waals surface area contributed by atoms with Crippen molar-refractivity contribution >= 4 is 17.2 Å². The number of nitrogens with one attached hydrogen (secondary N) is 1.